The SMILES string of the molecule is CN1CCC[C@H]1COc1nc(OC(C)(C)C)c2ncc(C(O)c3cccc4c3cnn4C(=O)OC(C)(C)C)n2n1. The summed E-state index contributed by atoms with van der Waals surface area (Å²) in [5, 5.41) is 21.0. The lowest BCUT2D eigenvalue weighted by atomic mass is 10.0. The quantitative estimate of drug-likeness (QED) is 0.375. The largest absolute Gasteiger partial charge is 0.469 e. The van der Waals surface area contributed by atoms with Gasteiger partial charge in [-0.3, -0.25) is 0 Å². The van der Waals surface area contributed by atoms with Crippen LogP contribution in [0.15, 0.2) is 30.6 Å². The summed E-state index contributed by atoms with van der Waals surface area (Å²) < 4.78 is 20.3. The second-order valence-corrected chi connectivity index (χ2v) is 12.1. The molecule has 0 amide bonds. The van der Waals surface area contributed by atoms with Gasteiger partial charge in [0, 0.05) is 11.4 Å². The number of fused-ring (bicyclic) bond motifs is 2. The fourth-order valence-corrected chi connectivity index (χ4v) is 4.74. The molecule has 4 heterocycles. The minimum Gasteiger partial charge on any atom is -0.469 e. The number of carbonyl (C=O) groups excluding carboxylic acids is 1. The molecular formula is C28H37N7O5. The maximum absolute atomic E-state index is 12.7. The molecule has 214 valence electrons. The number of likely N-dealkylation sites (tertiary alicyclic amines) is 1. The molecule has 5 rings (SSSR count). The van der Waals surface area contributed by atoms with Crippen LogP contribution in [0.3, 0.4) is 0 Å². The van der Waals surface area contributed by atoms with Gasteiger partial charge in [-0.05, 0) is 79.6 Å². The summed E-state index contributed by atoms with van der Waals surface area (Å²) in [5.74, 6) is 0.256. The third-order valence-electron chi connectivity index (χ3n) is 6.61. The number of aromatic nitrogens is 6. The van der Waals surface area contributed by atoms with E-state index in [1.807, 2.05) is 20.8 Å². The van der Waals surface area contributed by atoms with E-state index in [1.165, 1.54) is 21.6 Å². The minimum atomic E-state index is -1.15. The van der Waals surface area contributed by atoms with E-state index in [1.54, 1.807) is 39.0 Å². The number of ether oxygens (including phenoxy) is 3. The zero-order valence-electron chi connectivity index (χ0n) is 24.1. The van der Waals surface area contributed by atoms with Crippen molar-refractivity contribution in [2.75, 3.05) is 20.2 Å². The Balaban J connectivity index is 1.53. The number of hydrogen-bond acceptors (Lipinski definition) is 10. The molecule has 12 nitrogen and oxygen atoms in total. The van der Waals surface area contributed by atoms with Crippen molar-refractivity contribution in [2.24, 2.45) is 0 Å². The molecule has 1 N–H and O–H groups in total. The predicted octanol–water partition coefficient (Wildman–Crippen LogP) is 3.99. The Morgan fingerprint density at radius 2 is 1.93 bits per heavy atom. The van der Waals surface area contributed by atoms with E-state index in [2.05, 4.69) is 32.1 Å². The van der Waals surface area contributed by atoms with Crippen LogP contribution in [0.5, 0.6) is 11.9 Å². The lowest BCUT2D eigenvalue weighted by Crippen LogP contribution is -2.31. The van der Waals surface area contributed by atoms with Crippen LogP contribution in [-0.2, 0) is 4.74 Å². The average Bonchev–Trinajstić information content (AvgIpc) is 3.58. The monoisotopic (exact) mass is 551 g/mol. The van der Waals surface area contributed by atoms with Gasteiger partial charge < -0.3 is 24.2 Å². The molecule has 1 aliphatic heterocycles. The number of rotatable bonds is 6. The van der Waals surface area contributed by atoms with Crippen LogP contribution in [0.2, 0.25) is 0 Å². The minimum absolute atomic E-state index is 0.134. The second-order valence-electron chi connectivity index (χ2n) is 12.1. The summed E-state index contributed by atoms with van der Waals surface area (Å²) >= 11 is 0. The van der Waals surface area contributed by atoms with E-state index >= 15 is 0 Å². The van der Waals surface area contributed by atoms with Crippen LogP contribution in [0.4, 0.5) is 4.79 Å². The zero-order chi connectivity index (χ0) is 28.8. The van der Waals surface area contributed by atoms with Crippen LogP contribution in [-0.4, -0.2) is 82.9 Å². The highest BCUT2D eigenvalue weighted by atomic mass is 16.6. The third-order valence-corrected chi connectivity index (χ3v) is 6.61. The molecular weight excluding hydrogens is 514 g/mol. The van der Waals surface area contributed by atoms with Crippen LogP contribution in [0.1, 0.15) is 71.7 Å². The highest BCUT2D eigenvalue weighted by molar-refractivity contribution is 5.90. The number of aliphatic hydroxyl groups excluding tert-OH is 1. The summed E-state index contributed by atoms with van der Waals surface area (Å²) in [6.07, 6.45) is 3.49. The Bertz CT molecular complexity index is 1530. The summed E-state index contributed by atoms with van der Waals surface area (Å²) in [4.78, 5) is 24.0. The molecule has 1 fully saturated rings. The topological polar surface area (TPSA) is 129 Å². The number of benzene rings is 1. The van der Waals surface area contributed by atoms with Gasteiger partial charge >= 0.3 is 12.1 Å². The molecule has 0 aliphatic carbocycles. The molecule has 3 aromatic heterocycles. The molecule has 0 saturated carbocycles. The molecule has 1 aromatic carbocycles. The van der Waals surface area contributed by atoms with E-state index in [-0.39, 0.29) is 17.9 Å². The Morgan fingerprint density at radius 3 is 2.60 bits per heavy atom. The molecule has 0 spiro atoms. The van der Waals surface area contributed by atoms with Gasteiger partial charge in [0.2, 0.25) is 5.65 Å². The number of carbonyl (C=O) groups is 1. The first-order valence-electron chi connectivity index (χ1n) is 13.5. The number of likely N-dealkylation sites (N-methyl/N-ethyl adjacent to an activating group) is 1. The van der Waals surface area contributed by atoms with E-state index in [0.29, 0.717) is 34.4 Å². The van der Waals surface area contributed by atoms with Gasteiger partial charge in [-0.1, -0.05) is 12.1 Å². The first-order valence-corrected chi connectivity index (χ1v) is 13.5. The normalized spacial score (nSPS) is 17.4. The van der Waals surface area contributed by atoms with Crippen LogP contribution in [0.25, 0.3) is 16.6 Å². The van der Waals surface area contributed by atoms with Crippen molar-refractivity contribution in [3.8, 4) is 11.9 Å². The molecule has 0 bridgehead atoms. The molecule has 2 atom stereocenters. The Kier molecular flexibility index (Phi) is 7.17. The molecule has 1 unspecified atom stereocenters. The van der Waals surface area contributed by atoms with Crippen molar-refractivity contribution in [1.29, 1.82) is 0 Å². The molecule has 1 saturated heterocycles. The van der Waals surface area contributed by atoms with Crippen molar-refractivity contribution in [1.82, 2.24) is 34.3 Å². The summed E-state index contributed by atoms with van der Waals surface area (Å²) in [7, 11) is 2.08. The summed E-state index contributed by atoms with van der Waals surface area (Å²) in [6, 6.07) is 5.69. The van der Waals surface area contributed by atoms with Gasteiger partial charge in [-0.15, -0.1) is 5.10 Å². The number of hydrogen-bond donors (Lipinski definition) is 1. The Hall–Kier alpha value is -3.77. The zero-order valence-corrected chi connectivity index (χ0v) is 24.1. The maximum Gasteiger partial charge on any atom is 0.435 e. The summed E-state index contributed by atoms with van der Waals surface area (Å²) in [6.45, 7) is 12.6. The van der Waals surface area contributed by atoms with E-state index in [0.717, 1.165) is 19.4 Å². The van der Waals surface area contributed by atoms with Crippen molar-refractivity contribution < 1.29 is 24.1 Å². The Labute approximate surface area is 232 Å². The van der Waals surface area contributed by atoms with E-state index in [9.17, 15) is 9.90 Å². The second kappa shape index (κ2) is 10.3. The van der Waals surface area contributed by atoms with Gasteiger partial charge in [0.1, 0.15) is 23.9 Å². The van der Waals surface area contributed by atoms with Crippen LogP contribution < -0.4 is 9.47 Å². The fourth-order valence-electron chi connectivity index (χ4n) is 4.74. The smallest absolute Gasteiger partial charge is 0.435 e. The van der Waals surface area contributed by atoms with Crippen LogP contribution >= 0.6 is 0 Å². The predicted molar refractivity (Wildman–Crippen MR) is 148 cm³/mol. The average molecular weight is 552 g/mol. The number of imidazole rings is 1. The number of nitrogens with zero attached hydrogens (tertiary/aromatic N) is 7. The molecule has 1 aliphatic rings. The lowest BCUT2D eigenvalue weighted by Gasteiger charge is -2.22. The van der Waals surface area contributed by atoms with Crippen LogP contribution in [0, 0.1) is 0 Å². The lowest BCUT2D eigenvalue weighted by molar-refractivity contribution is 0.0522. The van der Waals surface area contributed by atoms with Crippen molar-refractivity contribution in [3.05, 3.63) is 41.9 Å². The maximum atomic E-state index is 12.7. The van der Waals surface area contributed by atoms with E-state index in [4.69, 9.17) is 14.2 Å². The van der Waals surface area contributed by atoms with Gasteiger partial charge in [0.05, 0.1) is 23.6 Å². The highest BCUT2D eigenvalue weighted by Gasteiger charge is 2.27. The fraction of sp³-hybridized carbons (Fsp3) is 0.536. The highest BCUT2D eigenvalue weighted by Crippen LogP contribution is 2.32. The molecule has 4 aromatic rings. The number of aliphatic hydroxyl groups is 1. The van der Waals surface area contributed by atoms with E-state index < -0.39 is 23.4 Å². The van der Waals surface area contributed by atoms with Crippen molar-refractivity contribution in [3.63, 3.8) is 0 Å². The van der Waals surface area contributed by atoms with Gasteiger partial charge in [-0.25, -0.2) is 14.3 Å². The van der Waals surface area contributed by atoms with Gasteiger partial charge in [0.25, 0.3) is 5.88 Å². The van der Waals surface area contributed by atoms with Gasteiger partial charge in [0.15, 0.2) is 0 Å². The molecule has 12 heteroatoms. The van der Waals surface area contributed by atoms with Gasteiger partial charge in [-0.2, -0.15) is 14.8 Å². The first-order chi connectivity index (χ1) is 18.8. The molecule has 40 heavy (non-hydrogen) atoms. The van der Waals surface area contributed by atoms with Crippen molar-refractivity contribution in [2.45, 2.75) is 77.7 Å². The molecule has 0 radical (unpaired) electrons. The third kappa shape index (κ3) is 5.73. The first kappa shape index (κ1) is 27.8. The standard InChI is InChI=1S/C28H37N7O5/c1-27(2,3)39-24-23-29-15-21(34(23)32-25(31-24)38-16-17-10-9-13-33(17)7)22(36)18-11-8-12-20-19(18)14-30-35(20)26(37)40-28(4,5)6/h8,11-12,14-15,17,22,36H,9-10,13,16H2,1-7H3/t17-,22?/m0/s1. The van der Waals surface area contributed by atoms with Crippen molar-refractivity contribution >= 4 is 22.6 Å². The Morgan fingerprint density at radius 1 is 1.15 bits per heavy atom. The summed E-state index contributed by atoms with van der Waals surface area (Å²) in [5.41, 5.74) is 0.548.